The van der Waals surface area contributed by atoms with Crippen LogP contribution < -0.4 is 5.73 Å². The van der Waals surface area contributed by atoms with Crippen LogP contribution in [-0.2, 0) is 17.8 Å². The molecule has 2 rings (SSSR count). The van der Waals surface area contributed by atoms with E-state index in [9.17, 15) is 9.90 Å². The maximum Gasteiger partial charge on any atom is 0.331 e. The predicted octanol–water partition coefficient (Wildman–Crippen LogP) is 4.90. The zero-order valence-electron chi connectivity index (χ0n) is 17.0. The molecule has 0 saturated heterocycles. The highest BCUT2D eigenvalue weighted by Gasteiger charge is 2.19. The van der Waals surface area contributed by atoms with Crippen LogP contribution in [0.5, 0.6) is 0 Å². The average Bonchev–Trinajstić information content (AvgIpc) is 2.60. The van der Waals surface area contributed by atoms with Gasteiger partial charge in [-0.05, 0) is 55.4 Å². The van der Waals surface area contributed by atoms with Gasteiger partial charge in [-0.15, -0.1) is 0 Å². The third-order valence-electron chi connectivity index (χ3n) is 4.73. The third-order valence-corrected chi connectivity index (χ3v) is 4.73. The molecule has 144 valence electrons. The van der Waals surface area contributed by atoms with Gasteiger partial charge in [-0.3, -0.25) is 4.98 Å². The van der Waals surface area contributed by atoms with Crippen LogP contribution in [0.1, 0.15) is 55.3 Å². The highest BCUT2D eigenvalue weighted by molar-refractivity contribution is 5.94. The first kappa shape index (κ1) is 20.8. The van der Waals surface area contributed by atoms with Gasteiger partial charge in [-0.2, -0.15) is 0 Å². The lowest BCUT2D eigenvalue weighted by Gasteiger charge is -2.20. The molecule has 0 bridgehead atoms. The molecule has 2 aromatic rings. The van der Waals surface area contributed by atoms with Gasteiger partial charge in [0.1, 0.15) is 0 Å². The Morgan fingerprint density at radius 3 is 2.33 bits per heavy atom. The van der Waals surface area contributed by atoms with Gasteiger partial charge < -0.3 is 10.8 Å². The van der Waals surface area contributed by atoms with E-state index in [1.807, 2.05) is 13.8 Å². The van der Waals surface area contributed by atoms with Gasteiger partial charge in [0.2, 0.25) is 0 Å². The van der Waals surface area contributed by atoms with E-state index in [0.717, 1.165) is 40.1 Å². The molecule has 0 amide bonds. The van der Waals surface area contributed by atoms with Crippen molar-refractivity contribution in [2.24, 2.45) is 11.7 Å². The number of aliphatic carboxylic acids is 1. The van der Waals surface area contributed by atoms with Crippen molar-refractivity contribution in [2.45, 2.75) is 54.0 Å². The topological polar surface area (TPSA) is 76.2 Å². The zero-order valence-corrected chi connectivity index (χ0v) is 17.0. The number of benzene rings is 1. The quantitative estimate of drug-likeness (QED) is 0.683. The second kappa shape index (κ2) is 8.96. The van der Waals surface area contributed by atoms with E-state index >= 15 is 0 Å². The molecule has 0 radical (unpaired) electrons. The van der Waals surface area contributed by atoms with Crippen LogP contribution >= 0.6 is 0 Å². The summed E-state index contributed by atoms with van der Waals surface area (Å²) in [4.78, 5) is 16.4. The number of carboxylic acid groups (broad SMARTS) is 1. The van der Waals surface area contributed by atoms with Crippen molar-refractivity contribution < 1.29 is 9.90 Å². The van der Waals surface area contributed by atoms with Gasteiger partial charge in [0, 0.05) is 29.1 Å². The monoisotopic (exact) mass is 366 g/mol. The lowest BCUT2D eigenvalue weighted by atomic mass is 9.89. The summed E-state index contributed by atoms with van der Waals surface area (Å²) in [7, 11) is 0. The average molecular weight is 367 g/mol. The maximum atomic E-state index is 11.6. The molecule has 0 spiro atoms. The summed E-state index contributed by atoms with van der Waals surface area (Å²) in [6.07, 6.45) is 3.06. The third kappa shape index (κ3) is 4.83. The van der Waals surface area contributed by atoms with Crippen molar-refractivity contribution in [3.63, 3.8) is 0 Å². The number of rotatable bonds is 7. The number of hydrogen-bond acceptors (Lipinski definition) is 3. The molecule has 0 unspecified atom stereocenters. The van der Waals surface area contributed by atoms with E-state index in [4.69, 9.17) is 10.7 Å². The van der Waals surface area contributed by atoms with E-state index in [1.165, 1.54) is 5.56 Å². The predicted molar refractivity (Wildman–Crippen MR) is 111 cm³/mol. The van der Waals surface area contributed by atoms with Crippen LogP contribution in [-0.4, -0.2) is 16.1 Å². The minimum Gasteiger partial charge on any atom is -0.478 e. The smallest absolute Gasteiger partial charge is 0.331 e. The van der Waals surface area contributed by atoms with E-state index in [0.29, 0.717) is 24.5 Å². The zero-order chi connectivity index (χ0) is 20.1. The van der Waals surface area contributed by atoms with Gasteiger partial charge in [0.05, 0.1) is 0 Å². The summed E-state index contributed by atoms with van der Waals surface area (Å²) < 4.78 is 0. The molecule has 0 atom stereocenters. The molecule has 0 aliphatic heterocycles. The molecule has 3 N–H and O–H groups in total. The summed E-state index contributed by atoms with van der Waals surface area (Å²) >= 11 is 0. The molecule has 0 saturated carbocycles. The molecular formula is C23H30N2O2. The number of nitrogens with zero attached hydrogens (tertiary/aromatic N) is 1. The SMILES string of the molecule is CC/C(=C\c1c(C)nc(CC(C)C)c(CN)c1-c1ccc(C)cc1)C(=O)O. The van der Waals surface area contributed by atoms with E-state index < -0.39 is 5.97 Å². The molecule has 1 heterocycles. The van der Waals surface area contributed by atoms with Crippen molar-refractivity contribution >= 4 is 12.0 Å². The number of hydrogen-bond donors (Lipinski definition) is 2. The second-order valence-corrected chi connectivity index (χ2v) is 7.41. The Morgan fingerprint density at radius 2 is 1.85 bits per heavy atom. The Kier molecular flexibility index (Phi) is 6.92. The molecular weight excluding hydrogens is 336 g/mol. The molecule has 4 heteroatoms. The molecule has 1 aromatic carbocycles. The van der Waals surface area contributed by atoms with Gasteiger partial charge in [0.25, 0.3) is 0 Å². The number of carboxylic acids is 1. The molecule has 1 aromatic heterocycles. The lowest BCUT2D eigenvalue weighted by molar-refractivity contribution is -0.132. The summed E-state index contributed by atoms with van der Waals surface area (Å²) in [6.45, 7) is 10.5. The summed E-state index contributed by atoms with van der Waals surface area (Å²) in [5.41, 5.74) is 13.5. The number of nitrogens with two attached hydrogens (primary N) is 1. The van der Waals surface area contributed by atoms with Crippen LogP contribution in [0, 0.1) is 19.8 Å². The first-order valence-corrected chi connectivity index (χ1v) is 9.51. The first-order valence-electron chi connectivity index (χ1n) is 9.51. The van der Waals surface area contributed by atoms with Gasteiger partial charge in [0.15, 0.2) is 0 Å². The van der Waals surface area contributed by atoms with Crippen LogP contribution in [0.25, 0.3) is 17.2 Å². The Morgan fingerprint density at radius 1 is 1.22 bits per heavy atom. The van der Waals surface area contributed by atoms with E-state index in [2.05, 4.69) is 45.0 Å². The highest BCUT2D eigenvalue weighted by Crippen LogP contribution is 2.34. The van der Waals surface area contributed by atoms with Gasteiger partial charge in [-0.1, -0.05) is 50.6 Å². The number of aromatic nitrogens is 1. The maximum absolute atomic E-state index is 11.6. The van der Waals surface area contributed by atoms with Crippen molar-refractivity contribution in [3.8, 4) is 11.1 Å². The Hall–Kier alpha value is -2.46. The van der Waals surface area contributed by atoms with Crippen molar-refractivity contribution in [3.05, 3.63) is 57.9 Å². The molecule has 4 nitrogen and oxygen atoms in total. The highest BCUT2D eigenvalue weighted by atomic mass is 16.4. The van der Waals surface area contributed by atoms with Crippen LogP contribution in [0.3, 0.4) is 0 Å². The number of aryl methyl sites for hydroxylation is 2. The normalized spacial score (nSPS) is 11.9. The van der Waals surface area contributed by atoms with Crippen molar-refractivity contribution in [1.82, 2.24) is 4.98 Å². The minimum absolute atomic E-state index is 0.368. The molecule has 0 fully saturated rings. The Labute approximate surface area is 162 Å². The Balaban J connectivity index is 2.85. The second-order valence-electron chi connectivity index (χ2n) is 7.41. The molecule has 27 heavy (non-hydrogen) atoms. The van der Waals surface area contributed by atoms with Gasteiger partial charge >= 0.3 is 5.97 Å². The van der Waals surface area contributed by atoms with Gasteiger partial charge in [-0.25, -0.2) is 4.79 Å². The fraction of sp³-hybridized carbons (Fsp3) is 0.391. The van der Waals surface area contributed by atoms with Crippen LogP contribution in [0.4, 0.5) is 0 Å². The molecule has 0 aliphatic rings. The fourth-order valence-corrected chi connectivity index (χ4v) is 3.31. The van der Waals surface area contributed by atoms with E-state index in [1.54, 1.807) is 6.08 Å². The summed E-state index contributed by atoms with van der Waals surface area (Å²) in [5.74, 6) is -0.438. The van der Waals surface area contributed by atoms with Crippen molar-refractivity contribution in [1.29, 1.82) is 0 Å². The fourth-order valence-electron chi connectivity index (χ4n) is 3.31. The Bertz CT molecular complexity index is 850. The first-order chi connectivity index (χ1) is 12.8. The number of carbonyl (C=O) groups is 1. The summed E-state index contributed by atoms with van der Waals surface area (Å²) in [6, 6.07) is 8.29. The summed E-state index contributed by atoms with van der Waals surface area (Å²) in [5, 5.41) is 9.51. The largest absolute Gasteiger partial charge is 0.478 e. The van der Waals surface area contributed by atoms with Crippen LogP contribution in [0.15, 0.2) is 29.8 Å². The van der Waals surface area contributed by atoms with E-state index in [-0.39, 0.29) is 0 Å². The minimum atomic E-state index is -0.896. The lowest BCUT2D eigenvalue weighted by Crippen LogP contribution is -2.12. The van der Waals surface area contributed by atoms with Crippen LogP contribution in [0.2, 0.25) is 0 Å². The number of pyridine rings is 1. The van der Waals surface area contributed by atoms with Crippen molar-refractivity contribution in [2.75, 3.05) is 0 Å². The standard InChI is InChI=1S/C23H30N2O2/c1-6-17(23(26)27)12-19-16(5)25-21(11-14(2)3)20(13-24)22(19)18-9-7-15(4)8-10-18/h7-10,12,14H,6,11,13,24H2,1-5H3,(H,26,27)/b17-12+. The molecule has 0 aliphatic carbocycles.